The van der Waals surface area contributed by atoms with Gasteiger partial charge in [0, 0.05) is 4.88 Å². The van der Waals surface area contributed by atoms with Crippen LogP contribution in [-0.4, -0.2) is 16.3 Å². The maximum Gasteiger partial charge on any atom is 0.203 e. The highest BCUT2D eigenvalue weighted by Gasteiger charge is 2.14. The van der Waals surface area contributed by atoms with Crippen molar-refractivity contribution in [3.05, 3.63) is 40.4 Å². The first-order valence-corrected chi connectivity index (χ1v) is 7.19. The minimum atomic E-state index is 0.244. The molecule has 2 N–H and O–H groups in total. The van der Waals surface area contributed by atoms with Crippen molar-refractivity contribution in [2.24, 2.45) is 5.10 Å². The molecule has 1 aromatic heterocycles. The lowest BCUT2D eigenvalue weighted by Crippen LogP contribution is -1.99. The number of hydrazone groups is 1. The molecule has 0 saturated heterocycles. The Labute approximate surface area is 115 Å². The summed E-state index contributed by atoms with van der Waals surface area (Å²) in [6.07, 6.45) is 6.42. The van der Waals surface area contributed by atoms with E-state index in [1.807, 2.05) is 6.07 Å². The number of aryl methyl sites for hydroxylation is 2. The Morgan fingerprint density at radius 1 is 1.32 bits per heavy atom. The van der Waals surface area contributed by atoms with Gasteiger partial charge >= 0.3 is 0 Å². The van der Waals surface area contributed by atoms with Crippen LogP contribution in [0.15, 0.2) is 29.4 Å². The van der Waals surface area contributed by atoms with Crippen LogP contribution in [0.25, 0.3) is 0 Å². The molecule has 0 aliphatic heterocycles. The Hall–Kier alpha value is -1.88. The van der Waals surface area contributed by atoms with Gasteiger partial charge in [-0.3, -0.25) is 5.43 Å². The van der Waals surface area contributed by atoms with Gasteiger partial charge in [0.2, 0.25) is 5.13 Å². The van der Waals surface area contributed by atoms with Gasteiger partial charge in [0.1, 0.15) is 5.75 Å². The maximum absolute atomic E-state index is 9.35. The minimum Gasteiger partial charge on any atom is -0.508 e. The zero-order chi connectivity index (χ0) is 13.1. The molecule has 0 atom stereocenters. The largest absolute Gasteiger partial charge is 0.508 e. The number of phenols is 1. The molecule has 0 bridgehead atoms. The van der Waals surface area contributed by atoms with Gasteiger partial charge < -0.3 is 5.11 Å². The smallest absolute Gasteiger partial charge is 0.203 e. The van der Waals surface area contributed by atoms with Crippen LogP contribution in [0.3, 0.4) is 0 Å². The van der Waals surface area contributed by atoms with Gasteiger partial charge in [-0.2, -0.15) is 5.10 Å². The normalized spacial score (nSPS) is 14.5. The van der Waals surface area contributed by atoms with Gasteiger partial charge in [-0.25, -0.2) is 4.98 Å². The predicted octanol–water partition coefficient (Wildman–Crippen LogP) is 3.17. The summed E-state index contributed by atoms with van der Waals surface area (Å²) in [6, 6.07) is 6.98. The number of phenolic OH excluding ortho intramolecular Hbond substituents is 1. The lowest BCUT2D eigenvalue weighted by molar-refractivity contribution is 0.475. The van der Waals surface area contributed by atoms with Crippen LogP contribution in [0.5, 0.6) is 5.75 Å². The van der Waals surface area contributed by atoms with Gasteiger partial charge in [-0.05, 0) is 43.4 Å². The number of thiazole rings is 1. The van der Waals surface area contributed by atoms with Gasteiger partial charge in [-0.1, -0.05) is 12.1 Å². The average molecular weight is 273 g/mol. The fourth-order valence-corrected chi connectivity index (χ4v) is 3.17. The molecular weight excluding hydrogens is 258 g/mol. The summed E-state index contributed by atoms with van der Waals surface area (Å²) in [5.41, 5.74) is 5.05. The number of aromatic nitrogens is 1. The number of nitrogens with zero attached hydrogens (tertiary/aromatic N) is 2. The fraction of sp³-hybridized carbons (Fsp3) is 0.286. The van der Waals surface area contributed by atoms with Crippen molar-refractivity contribution in [1.29, 1.82) is 0 Å². The standard InChI is InChI=1S/C14H15N3OS/c18-11-5-3-4-10(8-11)9-15-17-14-16-12-6-1-2-7-13(12)19-14/h3-5,8-9,18H,1-2,6-7H2,(H,16,17)/b15-9-. The van der Waals surface area contributed by atoms with E-state index >= 15 is 0 Å². The van der Waals surface area contributed by atoms with E-state index in [1.54, 1.807) is 35.8 Å². The number of anilines is 1. The van der Waals surface area contributed by atoms with E-state index in [0.29, 0.717) is 0 Å². The second-order valence-electron chi connectivity index (χ2n) is 4.56. The molecule has 0 amide bonds. The van der Waals surface area contributed by atoms with Crippen LogP contribution in [0.1, 0.15) is 29.0 Å². The Morgan fingerprint density at radius 3 is 3.05 bits per heavy atom. The Morgan fingerprint density at radius 2 is 2.21 bits per heavy atom. The van der Waals surface area contributed by atoms with Crippen molar-refractivity contribution in [2.45, 2.75) is 25.7 Å². The van der Waals surface area contributed by atoms with E-state index in [1.165, 1.54) is 23.4 Å². The molecule has 98 valence electrons. The first-order valence-electron chi connectivity index (χ1n) is 6.38. The van der Waals surface area contributed by atoms with Crippen molar-refractivity contribution in [2.75, 3.05) is 5.43 Å². The van der Waals surface area contributed by atoms with E-state index in [0.717, 1.165) is 23.5 Å². The zero-order valence-electron chi connectivity index (χ0n) is 10.5. The summed E-state index contributed by atoms with van der Waals surface area (Å²) in [7, 11) is 0. The van der Waals surface area contributed by atoms with Gasteiger partial charge in [0.25, 0.3) is 0 Å². The highest BCUT2D eigenvalue weighted by Crippen LogP contribution is 2.29. The fourth-order valence-electron chi connectivity index (χ4n) is 2.17. The summed E-state index contributed by atoms with van der Waals surface area (Å²) in [6.45, 7) is 0. The average Bonchev–Trinajstić information content (AvgIpc) is 2.81. The molecule has 0 saturated carbocycles. The molecule has 19 heavy (non-hydrogen) atoms. The number of fused-ring (bicyclic) bond motifs is 1. The van der Waals surface area contributed by atoms with E-state index in [-0.39, 0.29) is 5.75 Å². The first-order chi connectivity index (χ1) is 9.31. The highest BCUT2D eigenvalue weighted by molar-refractivity contribution is 7.15. The molecule has 0 unspecified atom stereocenters. The maximum atomic E-state index is 9.35. The zero-order valence-corrected chi connectivity index (χ0v) is 11.3. The summed E-state index contributed by atoms with van der Waals surface area (Å²) >= 11 is 1.69. The molecule has 0 fully saturated rings. The Kier molecular flexibility index (Phi) is 3.46. The molecule has 2 aromatic rings. The molecule has 0 spiro atoms. The molecule has 1 heterocycles. The quantitative estimate of drug-likeness (QED) is 0.667. The number of benzene rings is 1. The molecule has 3 rings (SSSR count). The summed E-state index contributed by atoms with van der Waals surface area (Å²) < 4.78 is 0. The van der Waals surface area contributed by atoms with Gasteiger partial charge in [0.15, 0.2) is 0 Å². The molecule has 1 aliphatic carbocycles. The number of rotatable bonds is 3. The lowest BCUT2D eigenvalue weighted by Gasteiger charge is -2.06. The lowest BCUT2D eigenvalue weighted by atomic mass is 10.0. The van der Waals surface area contributed by atoms with Gasteiger partial charge in [-0.15, -0.1) is 11.3 Å². The monoisotopic (exact) mass is 273 g/mol. The first kappa shape index (κ1) is 12.2. The molecule has 1 aromatic carbocycles. The molecule has 5 heteroatoms. The van der Waals surface area contributed by atoms with Crippen LogP contribution in [0, 0.1) is 0 Å². The van der Waals surface area contributed by atoms with Crippen LogP contribution in [-0.2, 0) is 12.8 Å². The van der Waals surface area contributed by atoms with Gasteiger partial charge in [0.05, 0.1) is 11.9 Å². The number of aromatic hydroxyl groups is 1. The van der Waals surface area contributed by atoms with Crippen LogP contribution >= 0.6 is 11.3 Å². The number of nitrogens with one attached hydrogen (secondary N) is 1. The highest BCUT2D eigenvalue weighted by atomic mass is 32.1. The SMILES string of the molecule is Oc1cccc(/C=N\Nc2nc3c(s2)CCCC3)c1. The Balaban J connectivity index is 1.67. The van der Waals surface area contributed by atoms with Crippen molar-refractivity contribution >= 4 is 22.7 Å². The number of hydrogen-bond donors (Lipinski definition) is 2. The van der Waals surface area contributed by atoms with Crippen LogP contribution in [0.2, 0.25) is 0 Å². The van der Waals surface area contributed by atoms with E-state index in [2.05, 4.69) is 15.5 Å². The third-order valence-electron chi connectivity index (χ3n) is 3.09. The van der Waals surface area contributed by atoms with Crippen molar-refractivity contribution in [1.82, 2.24) is 4.98 Å². The topological polar surface area (TPSA) is 57.5 Å². The van der Waals surface area contributed by atoms with Crippen LogP contribution < -0.4 is 5.43 Å². The van der Waals surface area contributed by atoms with Crippen LogP contribution in [0.4, 0.5) is 5.13 Å². The molecule has 0 radical (unpaired) electrons. The summed E-state index contributed by atoms with van der Waals surface area (Å²) in [5, 5.41) is 14.4. The second-order valence-corrected chi connectivity index (χ2v) is 5.64. The van der Waals surface area contributed by atoms with Crippen molar-refractivity contribution in [3.63, 3.8) is 0 Å². The van der Waals surface area contributed by atoms with E-state index in [9.17, 15) is 5.11 Å². The number of hydrogen-bond acceptors (Lipinski definition) is 5. The molecular formula is C14H15N3OS. The minimum absolute atomic E-state index is 0.244. The summed E-state index contributed by atoms with van der Waals surface area (Å²) in [5.74, 6) is 0.244. The Bertz CT molecular complexity index is 583. The van der Waals surface area contributed by atoms with Crippen molar-refractivity contribution < 1.29 is 5.11 Å². The second kappa shape index (κ2) is 5.40. The van der Waals surface area contributed by atoms with E-state index < -0.39 is 0 Å². The predicted molar refractivity (Wildman–Crippen MR) is 78.1 cm³/mol. The third-order valence-corrected chi connectivity index (χ3v) is 4.15. The van der Waals surface area contributed by atoms with Crippen molar-refractivity contribution in [3.8, 4) is 5.75 Å². The molecule has 1 aliphatic rings. The molecule has 4 nitrogen and oxygen atoms in total. The summed E-state index contributed by atoms with van der Waals surface area (Å²) in [4.78, 5) is 5.93. The third kappa shape index (κ3) is 2.93. The van der Waals surface area contributed by atoms with E-state index in [4.69, 9.17) is 0 Å².